The van der Waals surface area contributed by atoms with Gasteiger partial charge in [-0.1, -0.05) is 0 Å². The topological polar surface area (TPSA) is 49.6 Å². The van der Waals surface area contributed by atoms with Gasteiger partial charge in [0.15, 0.2) is 0 Å². The minimum Gasteiger partial charge on any atom is -0.399 e. The Morgan fingerprint density at radius 2 is 2.00 bits per heavy atom. The van der Waals surface area contributed by atoms with E-state index in [4.69, 9.17) is 5.73 Å². The number of nitrogens with zero attached hydrogens (tertiary/aromatic N) is 2. The molecule has 2 aliphatic rings. The molecule has 4 heteroatoms. The summed E-state index contributed by atoms with van der Waals surface area (Å²) in [5.41, 5.74) is 8.18. The fourth-order valence-corrected chi connectivity index (χ4v) is 2.87. The number of anilines is 1. The van der Waals surface area contributed by atoms with Gasteiger partial charge < -0.3 is 10.6 Å². The van der Waals surface area contributed by atoms with Gasteiger partial charge in [0.05, 0.1) is 0 Å². The maximum Gasteiger partial charge on any atom is 0.258 e. The second-order valence-electron chi connectivity index (χ2n) is 5.53. The Morgan fingerprint density at radius 1 is 1.32 bits per heavy atom. The summed E-state index contributed by atoms with van der Waals surface area (Å²) in [6, 6.07) is 8.04. The first kappa shape index (κ1) is 12.2. The third-order valence-corrected chi connectivity index (χ3v) is 3.94. The first-order valence-electron chi connectivity index (χ1n) is 6.70. The molecule has 2 N–H and O–H groups in total. The van der Waals surface area contributed by atoms with Gasteiger partial charge in [-0.2, -0.15) is 0 Å². The van der Waals surface area contributed by atoms with E-state index in [1.807, 2.05) is 4.90 Å². The molecule has 0 radical (unpaired) electrons. The summed E-state index contributed by atoms with van der Waals surface area (Å²) in [5, 5.41) is 0. The number of nitrogen functional groups attached to an aromatic ring is 1. The number of rotatable bonds is 2. The molecular weight excluding hydrogens is 238 g/mol. The van der Waals surface area contributed by atoms with Gasteiger partial charge >= 0.3 is 0 Å². The monoisotopic (exact) mass is 257 g/mol. The largest absolute Gasteiger partial charge is 0.399 e. The maximum atomic E-state index is 12.5. The Labute approximate surface area is 113 Å². The summed E-state index contributed by atoms with van der Waals surface area (Å²) in [6.45, 7) is 6.04. The van der Waals surface area contributed by atoms with Crippen molar-refractivity contribution in [3.8, 4) is 0 Å². The highest BCUT2D eigenvalue weighted by molar-refractivity contribution is 5.96. The summed E-state index contributed by atoms with van der Waals surface area (Å²) in [6.07, 6.45) is 2.22. The minimum absolute atomic E-state index is 0.0807. The van der Waals surface area contributed by atoms with Gasteiger partial charge in [-0.15, -0.1) is 0 Å². The number of nitrogens with two attached hydrogens (primary N) is 1. The third-order valence-electron chi connectivity index (χ3n) is 3.94. The lowest BCUT2D eigenvalue weighted by Crippen LogP contribution is -2.48. The van der Waals surface area contributed by atoms with Gasteiger partial charge in [-0.3, -0.25) is 9.69 Å². The first-order chi connectivity index (χ1) is 9.06. The fourth-order valence-electron chi connectivity index (χ4n) is 2.87. The van der Waals surface area contributed by atoms with Crippen LogP contribution in [0.1, 0.15) is 24.2 Å². The zero-order chi connectivity index (χ0) is 13.6. The van der Waals surface area contributed by atoms with Crippen molar-refractivity contribution in [2.75, 3.05) is 18.8 Å². The highest BCUT2D eigenvalue weighted by Gasteiger charge is 2.39. The molecule has 0 spiro atoms. The van der Waals surface area contributed by atoms with Crippen molar-refractivity contribution in [3.05, 3.63) is 41.6 Å². The number of amides is 1. The lowest BCUT2D eigenvalue weighted by molar-refractivity contribution is 0.0709. The molecule has 3 rings (SSSR count). The zero-order valence-corrected chi connectivity index (χ0v) is 11.3. The molecule has 4 nitrogen and oxygen atoms in total. The number of carbonyl (C=O) groups is 1. The molecule has 0 saturated heterocycles. The van der Waals surface area contributed by atoms with Gasteiger partial charge in [0.2, 0.25) is 0 Å². The van der Waals surface area contributed by atoms with E-state index in [9.17, 15) is 4.79 Å². The van der Waals surface area contributed by atoms with Crippen LogP contribution in [0.3, 0.4) is 0 Å². The van der Waals surface area contributed by atoms with Crippen molar-refractivity contribution < 1.29 is 4.79 Å². The molecule has 19 heavy (non-hydrogen) atoms. The summed E-state index contributed by atoms with van der Waals surface area (Å²) >= 11 is 0. The molecule has 2 aliphatic heterocycles. The Balaban J connectivity index is 1.75. The van der Waals surface area contributed by atoms with Crippen LogP contribution in [0.2, 0.25) is 0 Å². The molecule has 0 fully saturated rings. The standard InChI is InChI=1S/C15H19N3O/c1-10(2)17-8-14-7-13(17)9-18(14)15(19)11-3-5-12(16)6-4-11/h3-7,10,13H,8-9,16H2,1-2H3/t13-/m0/s1. The first-order valence-corrected chi connectivity index (χ1v) is 6.70. The van der Waals surface area contributed by atoms with E-state index < -0.39 is 0 Å². The van der Waals surface area contributed by atoms with Crippen molar-refractivity contribution >= 4 is 11.6 Å². The Kier molecular flexibility index (Phi) is 2.82. The Morgan fingerprint density at radius 3 is 2.53 bits per heavy atom. The SMILES string of the molecule is CC(C)N1CC2=C[C@H]1CN2C(=O)c1ccc(N)cc1. The molecular formula is C15H19N3O. The van der Waals surface area contributed by atoms with E-state index >= 15 is 0 Å². The summed E-state index contributed by atoms with van der Waals surface area (Å²) in [5.74, 6) is 0.0807. The average Bonchev–Trinajstić information content (AvgIpc) is 2.98. The molecule has 0 unspecified atom stereocenters. The van der Waals surface area contributed by atoms with Crippen LogP contribution >= 0.6 is 0 Å². The van der Waals surface area contributed by atoms with Crippen LogP contribution in [-0.2, 0) is 0 Å². The predicted molar refractivity (Wildman–Crippen MR) is 75.6 cm³/mol. The van der Waals surface area contributed by atoms with Crippen LogP contribution in [0, 0.1) is 0 Å². The van der Waals surface area contributed by atoms with Crippen molar-refractivity contribution in [1.82, 2.24) is 9.80 Å². The van der Waals surface area contributed by atoms with Crippen molar-refractivity contribution in [2.24, 2.45) is 0 Å². The summed E-state index contributed by atoms with van der Waals surface area (Å²) < 4.78 is 0. The van der Waals surface area contributed by atoms with Crippen molar-refractivity contribution in [1.29, 1.82) is 0 Å². The van der Waals surface area contributed by atoms with E-state index in [-0.39, 0.29) is 5.91 Å². The molecule has 0 aliphatic carbocycles. The van der Waals surface area contributed by atoms with Gasteiger partial charge in [-0.05, 0) is 44.2 Å². The van der Waals surface area contributed by atoms with E-state index in [0.717, 1.165) is 18.8 Å². The predicted octanol–water partition coefficient (Wildman–Crippen LogP) is 1.70. The van der Waals surface area contributed by atoms with Crippen LogP contribution in [0.4, 0.5) is 5.69 Å². The second kappa shape index (κ2) is 4.38. The summed E-state index contributed by atoms with van der Waals surface area (Å²) in [4.78, 5) is 16.8. The molecule has 0 aromatic heterocycles. The molecule has 1 amide bonds. The highest BCUT2D eigenvalue weighted by atomic mass is 16.2. The quantitative estimate of drug-likeness (QED) is 0.820. The molecule has 1 aromatic rings. The lowest BCUT2D eigenvalue weighted by Gasteiger charge is -2.36. The number of fused-ring (bicyclic) bond motifs is 1. The molecule has 1 aromatic carbocycles. The van der Waals surface area contributed by atoms with E-state index in [1.165, 1.54) is 0 Å². The second-order valence-corrected chi connectivity index (χ2v) is 5.53. The lowest BCUT2D eigenvalue weighted by atomic mass is 10.1. The third kappa shape index (κ3) is 2.02. The molecule has 0 saturated carbocycles. The fraction of sp³-hybridized carbons (Fsp3) is 0.400. The van der Waals surface area contributed by atoms with Gasteiger partial charge in [-0.25, -0.2) is 0 Å². The molecule has 1 atom stereocenters. The average molecular weight is 257 g/mol. The molecule has 2 bridgehead atoms. The van der Waals surface area contributed by atoms with Crippen LogP contribution < -0.4 is 5.73 Å². The van der Waals surface area contributed by atoms with Crippen LogP contribution in [0.25, 0.3) is 0 Å². The number of hydrogen-bond acceptors (Lipinski definition) is 3. The zero-order valence-electron chi connectivity index (χ0n) is 11.3. The Bertz CT molecular complexity index is 533. The normalized spacial score (nSPS) is 22.2. The van der Waals surface area contributed by atoms with Crippen LogP contribution in [0.15, 0.2) is 36.0 Å². The van der Waals surface area contributed by atoms with Crippen LogP contribution in [-0.4, -0.2) is 40.9 Å². The minimum atomic E-state index is 0.0807. The molecule has 2 heterocycles. The van der Waals surface area contributed by atoms with Crippen LogP contribution in [0.5, 0.6) is 0 Å². The van der Waals surface area contributed by atoms with E-state index in [2.05, 4.69) is 24.8 Å². The number of hydrogen-bond donors (Lipinski definition) is 1. The number of carbonyl (C=O) groups excluding carboxylic acids is 1. The molecule has 100 valence electrons. The summed E-state index contributed by atoms with van der Waals surface area (Å²) in [7, 11) is 0. The number of piperazine rings is 1. The highest BCUT2D eigenvalue weighted by Crippen LogP contribution is 2.31. The maximum absolute atomic E-state index is 12.5. The van der Waals surface area contributed by atoms with E-state index in [1.54, 1.807) is 24.3 Å². The van der Waals surface area contributed by atoms with Gasteiger partial charge in [0.25, 0.3) is 5.91 Å². The number of benzene rings is 1. The van der Waals surface area contributed by atoms with Crippen molar-refractivity contribution in [2.45, 2.75) is 25.9 Å². The van der Waals surface area contributed by atoms with Gasteiger partial charge in [0.1, 0.15) is 0 Å². The van der Waals surface area contributed by atoms with Gasteiger partial charge in [0, 0.05) is 42.1 Å². The van der Waals surface area contributed by atoms with E-state index in [0.29, 0.717) is 23.3 Å². The smallest absolute Gasteiger partial charge is 0.258 e. The Hall–Kier alpha value is -1.81. The van der Waals surface area contributed by atoms with Crippen molar-refractivity contribution in [3.63, 3.8) is 0 Å².